The van der Waals surface area contributed by atoms with E-state index in [9.17, 15) is 9.18 Å². The Labute approximate surface area is 184 Å². The number of para-hydroxylation sites is 1. The lowest BCUT2D eigenvalue weighted by Crippen LogP contribution is -2.22. The van der Waals surface area contributed by atoms with E-state index in [0.717, 1.165) is 31.5 Å². The number of hydrogen-bond donors (Lipinski definition) is 1. The number of anilines is 2. The smallest absolute Gasteiger partial charge is 0.267 e. The maximum Gasteiger partial charge on any atom is 0.267 e. The van der Waals surface area contributed by atoms with Crippen molar-refractivity contribution >= 4 is 28.6 Å². The zero-order valence-corrected chi connectivity index (χ0v) is 18.5. The molecule has 2 aromatic carbocycles. The molecule has 1 aromatic heterocycles. The van der Waals surface area contributed by atoms with Gasteiger partial charge in [0.05, 0.1) is 25.6 Å². The standard InChI is InChI=1S/C23H24FN3O3S/c1-14-21(31-23(25-14)15-9-10-18(29-2)19(13-15)30-3)22(28)26-20-16(24)7-6-8-17(20)27-11-4-5-12-27/h6-10,13H,4-5,11-12H2,1-3H3,(H,26,28). The van der Waals surface area contributed by atoms with Crippen LogP contribution in [0, 0.1) is 12.7 Å². The van der Waals surface area contributed by atoms with E-state index < -0.39 is 5.82 Å². The molecule has 0 spiro atoms. The summed E-state index contributed by atoms with van der Waals surface area (Å²) in [4.78, 5) is 20.2. The van der Waals surface area contributed by atoms with Crippen LogP contribution in [0.4, 0.5) is 15.8 Å². The number of aryl methyl sites for hydroxylation is 1. The Balaban J connectivity index is 1.62. The Morgan fingerprint density at radius 1 is 1.13 bits per heavy atom. The topological polar surface area (TPSA) is 63.7 Å². The first kappa shape index (κ1) is 21.1. The lowest BCUT2D eigenvalue weighted by atomic mass is 10.2. The molecule has 4 rings (SSSR count). The van der Waals surface area contributed by atoms with E-state index in [2.05, 4.69) is 15.2 Å². The van der Waals surface area contributed by atoms with Crippen LogP contribution >= 0.6 is 11.3 Å². The van der Waals surface area contributed by atoms with Crippen LogP contribution in [0.1, 0.15) is 28.2 Å². The van der Waals surface area contributed by atoms with Crippen LogP contribution in [0.2, 0.25) is 0 Å². The average molecular weight is 442 g/mol. The Morgan fingerprint density at radius 2 is 1.87 bits per heavy atom. The third kappa shape index (κ3) is 4.20. The van der Waals surface area contributed by atoms with Gasteiger partial charge in [0.2, 0.25) is 0 Å². The normalized spacial score (nSPS) is 13.4. The SMILES string of the molecule is COc1ccc(-c2nc(C)c(C(=O)Nc3c(F)cccc3N3CCCC3)s2)cc1OC. The van der Waals surface area contributed by atoms with Crippen LogP contribution in [0.5, 0.6) is 11.5 Å². The van der Waals surface area contributed by atoms with Gasteiger partial charge in [-0.25, -0.2) is 9.37 Å². The second kappa shape index (κ2) is 8.93. The Kier molecular flexibility index (Phi) is 6.08. The maximum absolute atomic E-state index is 14.6. The number of hydrogen-bond acceptors (Lipinski definition) is 6. The minimum atomic E-state index is -0.444. The van der Waals surface area contributed by atoms with Crippen LogP contribution in [-0.4, -0.2) is 38.2 Å². The van der Waals surface area contributed by atoms with E-state index in [1.165, 1.54) is 17.4 Å². The van der Waals surface area contributed by atoms with E-state index in [-0.39, 0.29) is 11.6 Å². The molecule has 1 amide bonds. The van der Waals surface area contributed by atoms with E-state index in [0.29, 0.717) is 32.8 Å². The summed E-state index contributed by atoms with van der Waals surface area (Å²) in [6.45, 7) is 3.49. The van der Waals surface area contributed by atoms with Crippen molar-refractivity contribution in [3.8, 4) is 22.1 Å². The van der Waals surface area contributed by atoms with Gasteiger partial charge in [-0.1, -0.05) is 6.07 Å². The van der Waals surface area contributed by atoms with E-state index in [1.54, 1.807) is 33.3 Å². The third-order valence-electron chi connectivity index (χ3n) is 5.31. The average Bonchev–Trinajstić information content (AvgIpc) is 3.44. The van der Waals surface area contributed by atoms with E-state index in [1.807, 2.05) is 18.2 Å². The summed E-state index contributed by atoms with van der Waals surface area (Å²) in [5.41, 5.74) is 2.34. The minimum absolute atomic E-state index is 0.217. The van der Waals surface area contributed by atoms with Gasteiger partial charge in [-0.3, -0.25) is 4.79 Å². The Morgan fingerprint density at radius 3 is 2.58 bits per heavy atom. The van der Waals surface area contributed by atoms with E-state index in [4.69, 9.17) is 9.47 Å². The number of carbonyl (C=O) groups is 1. The van der Waals surface area contributed by atoms with Crippen molar-refractivity contribution in [3.05, 3.63) is 52.8 Å². The van der Waals surface area contributed by atoms with Crippen molar-refractivity contribution in [1.29, 1.82) is 0 Å². The minimum Gasteiger partial charge on any atom is -0.493 e. The maximum atomic E-state index is 14.6. The number of ether oxygens (including phenoxy) is 2. The molecule has 0 aliphatic carbocycles. The highest BCUT2D eigenvalue weighted by Crippen LogP contribution is 2.36. The third-order valence-corrected chi connectivity index (χ3v) is 6.52. The number of methoxy groups -OCH3 is 2. The molecule has 0 saturated carbocycles. The molecule has 0 bridgehead atoms. The highest BCUT2D eigenvalue weighted by Gasteiger charge is 2.23. The molecule has 31 heavy (non-hydrogen) atoms. The molecular formula is C23H24FN3O3S. The number of thiazole rings is 1. The number of nitrogens with one attached hydrogen (secondary N) is 1. The predicted molar refractivity (Wildman–Crippen MR) is 121 cm³/mol. The number of aromatic nitrogens is 1. The summed E-state index contributed by atoms with van der Waals surface area (Å²) in [6.07, 6.45) is 2.12. The van der Waals surface area contributed by atoms with E-state index >= 15 is 0 Å². The van der Waals surface area contributed by atoms with Gasteiger partial charge in [0.1, 0.15) is 21.4 Å². The first-order valence-corrected chi connectivity index (χ1v) is 10.9. The Hall–Kier alpha value is -3.13. The van der Waals surface area contributed by atoms with Gasteiger partial charge in [-0.15, -0.1) is 11.3 Å². The molecule has 1 fully saturated rings. The van der Waals surface area contributed by atoms with Crippen LogP contribution in [0.25, 0.3) is 10.6 Å². The van der Waals surface area contributed by atoms with Gasteiger partial charge in [0.25, 0.3) is 5.91 Å². The summed E-state index contributed by atoms with van der Waals surface area (Å²) in [7, 11) is 3.15. The molecule has 0 unspecified atom stereocenters. The monoisotopic (exact) mass is 441 g/mol. The summed E-state index contributed by atoms with van der Waals surface area (Å²) in [5.74, 6) is 0.388. The highest BCUT2D eigenvalue weighted by molar-refractivity contribution is 7.17. The van der Waals surface area contributed by atoms with Crippen LogP contribution in [0.3, 0.4) is 0 Å². The number of nitrogens with zero attached hydrogens (tertiary/aromatic N) is 2. The van der Waals surface area contributed by atoms with Crippen LogP contribution < -0.4 is 19.7 Å². The summed E-state index contributed by atoms with van der Waals surface area (Å²) >= 11 is 1.26. The molecule has 3 aromatic rings. The molecule has 162 valence electrons. The zero-order chi connectivity index (χ0) is 22.0. The van der Waals surface area contributed by atoms with Crippen LogP contribution in [-0.2, 0) is 0 Å². The Bertz CT molecular complexity index is 1110. The van der Waals surface area contributed by atoms with Gasteiger partial charge in [0, 0.05) is 18.7 Å². The fraction of sp³-hybridized carbons (Fsp3) is 0.304. The fourth-order valence-corrected chi connectivity index (χ4v) is 4.69. The number of carbonyl (C=O) groups excluding carboxylic acids is 1. The van der Waals surface area contributed by atoms with Gasteiger partial charge in [-0.05, 0) is 50.1 Å². The number of halogens is 1. The largest absolute Gasteiger partial charge is 0.493 e. The summed E-state index contributed by atoms with van der Waals surface area (Å²) in [5, 5.41) is 3.47. The highest BCUT2D eigenvalue weighted by atomic mass is 32.1. The molecule has 2 heterocycles. The van der Waals surface area contributed by atoms with Gasteiger partial charge < -0.3 is 19.7 Å². The molecule has 6 nitrogen and oxygen atoms in total. The van der Waals surface area contributed by atoms with Crippen molar-refractivity contribution in [1.82, 2.24) is 4.98 Å². The number of amides is 1. The van der Waals surface area contributed by atoms with Crippen molar-refractivity contribution in [2.75, 3.05) is 37.5 Å². The van der Waals surface area contributed by atoms with Crippen molar-refractivity contribution in [3.63, 3.8) is 0 Å². The first-order chi connectivity index (χ1) is 15.0. The molecule has 1 aliphatic rings. The van der Waals surface area contributed by atoms with Gasteiger partial charge in [-0.2, -0.15) is 0 Å². The summed E-state index contributed by atoms with van der Waals surface area (Å²) < 4.78 is 25.3. The van der Waals surface area contributed by atoms with Crippen molar-refractivity contribution < 1.29 is 18.7 Å². The molecule has 0 atom stereocenters. The lowest BCUT2D eigenvalue weighted by Gasteiger charge is -2.21. The van der Waals surface area contributed by atoms with Crippen molar-refractivity contribution in [2.24, 2.45) is 0 Å². The predicted octanol–water partition coefficient (Wildman–Crippen LogP) is 5.13. The molecular weight excluding hydrogens is 417 g/mol. The molecule has 0 radical (unpaired) electrons. The molecule has 8 heteroatoms. The molecule has 1 saturated heterocycles. The number of benzene rings is 2. The van der Waals surface area contributed by atoms with Crippen molar-refractivity contribution in [2.45, 2.75) is 19.8 Å². The quantitative estimate of drug-likeness (QED) is 0.575. The van der Waals surface area contributed by atoms with Gasteiger partial charge in [0.15, 0.2) is 11.5 Å². The fourth-order valence-electron chi connectivity index (χ4n) is 3.73. The summed E-state index contributed by atoms with van der Waals surface area (Å²) in [6, 6.07) is 10.4. The first-order valence-electron chi connectivity index (χ1n) is 10.1. The lowest BCUT2D eigenvalue weighted by molar-refractivity contribution is 0.102. The second-order valence-corrected chi connectivity index (χ2v) is 8.28. The van der Waals surface area contributed by atoms with Gasteiger partial charge >= 0.3 is 0 Å². The zero-order valence-electron chi connectivity index (χ0n) is 17.7. The number of rotatable bonds is 6. The second-order valence-electron chi connectivity index (χ2n) is 7.29. The van der Waals surface area contributed by atoms with Crippen LogP contribution in [0.15, 0.2) is 36.4 Å². The molecule has 1 N–H and O–H groups in total. The molecule has 1 aliphatic heterocycles.